The molecule has 0 amide bonds. The van der Waals surface area contributed by atoms with Crippen molar-refractivity contribution in [3.8, 4) is 0 Å². The van der Waals surface area contributed by atoms with Crippen molar-refractivity contribution in [1.82, 2.24) is 0 Å². The normalized spacial score (nSPS) is 18.9. The van der Waals surface area contributed by atoms with Crippen LogP contribution in [0.4, 0.5) is 0 Å². The molecule has 1 aliphatic rings. The van der Waals surface area contributed by atoms with Crippen LogP contribution < -0.4 is 0 Å². The Bertz CT molecular complexity index is 446. The highest BCUT2D eigenvalue weighted by Crippen LogP contribution is 2.36. The van der Waals surface area contributed by atoms with Crippen molar-refractivity contribution >= 4 is 21.9 Å². The van der Waals surface area contributed by atoms with E-state index in [1.807, 2.05) is 32.9 Å². The van der Waals surface area contributed by atoms with Crippen LogP contribution in [0.2, 0.25) is 0 Å². The van der Waals surface area contributed by atoms with Gasteiger partial charge in [0.1, 0.15) is 5.60 Å². The van der Waals surface area contributed by atoms with Crippen molar-refractivity contribution in [2.75, 3.05) is 0 Å². The van der Waals surface area contributed by atoms with Crippen LogP contribution in [0.25, 0.3) is 0 Å². The number of aryl methyl sites for hydroxylation is 1. The van der Waals surface area contributed by atoms with Gasteiger partial charge in [-0.25, -0.2) is 0 Å². The van der Waals surface area contributed by atoms with E-state index in [1.54, 1.807) is 0 Å². The number of ether oxygens (including phenoxy) is 1. The van der Waals surface area contributed by atoms with Crippen LogP contribution in [0.1, 0.15) is 44.2 Å². The second-order valence-corrected chi connectivity index (χ2v) is 6.38. The molecule has 3 heteroatoms. The van der Waals surface area contributed by atoms with Crippen LogP contribution in [0, 0.1) is 0 Å². The summed E-state index contributed by atoms with van der Waals surface area (Å²) in [7, 11) is 0. The fourth-order valence-corrected chi connectivity index (χ4v) is 2.57. The molecular formula is C14H17BrO2. The maximum Gasteiger partial charge on any atom is 0.313 e. The number of hydrogen-bond acceptors (Lipinski definition) is 2. The zero-order chi connectivity index (χ0) is 12.6. The zero-order valence-corrected chi connectivity index (χ0v) is 12.0. The predicted octanol–water partition coefficient (Wildman–Crippen LogP) is 3.82. The molecule has 1 aromatic carbocycles. The van der Waals surface area contributed by atoms with Crippen molar-refractivity contribution in [3.05, 3.63) is 33.8 Å². The molecule has 17 heavy (non-hydrogen) atoms. The van der Waals surface area contributed by atoms with E-state index >= 15 is 0 Å². The maximum absolute atomic E-state index is 12.1. The molecule has 1 atom stereocenters. The Kier molecular flexibility index (Phi) is 3.30. The Labute approximate surface area is 110 Å². The molecule has 0 saturated heterocycles. The molecular weight excluding hydrogens is 280 g/mol. The van der Waals surface area contributed by atoms with Crippen LogP contribution in [0.5, 0.6) is 0 Å². The molecule has 0 aliphatic heterocycles. The van der Waals surface area contributed by atoms with Gasteiger partial charge in [0.25, 0.3) is 0 Å². The van der Waals surface area contributed by atoms with E-state index in [0.717, 1.165) is 22.9 Å². The molecule has 0 spiro atoms. The van der Waals surface area contributed by atoms with E-state index in [0.29, 0.717) is 0 Å². The number of rotatable bonds is 1. The van der Waals surface area contributed by atoms with E-state index in [-0.39, 0.29) is 11.9 Å². The second kappa shape index (κ2) is 4.45. The Morgan fingerprint density at radius 1 is 1.41 bits per heavy atom. The lowest BCUT2D eigenvalue weighted by molar-refractivity contribution is -0.156. The minimum atomic E-state index is -0.411. The average molecular weight is 297 g/mol. The molecule has 0 fully saturated rings. The monoisotopic (exact) mass is 296 g/mol. The Morgan fingerprint density at radius 2 is 2.12 bits per heavy atom. The third-order valence-electron chi connectivity index (χ3n) is 2.88. The van der Waals surface area contributed by atoms with E-state index in [1.165, 1.54) is 5.56 Å². The molecule has 0 radical (unpaired) electrons. The van der Waals surface area contributed by atoms with E-state index in [4.69, 9.17) is 4.74 Å². The Morgan fingerprint density at radius 3 is 2.76 bits per heavy atom. The molecule has 0 saturated carbocycles. The number of carbonyl (C=O) groups excluding carboxylic acids is 1. The molecule has 0 bridgehead atoms. The van der Waals surface area contributed by atoms with Crippen molar-refractivity contribution in [2.24, 2.45) is 0 Å². The lowest BCUT2D eigenvalue weighted by Crippen LogP contribution is -2.27. The molecule has 2 nitrogen and oxygen atoms in total. The molecule has 0 heterocycles. The highest BCUT2D eigenvalue weighted by Gasteiger charge is 2.32. The smallest absolute Gasteiger partial charge is 0.313 e. The lowest BCUT2D eigenvalue weighted by Gasteiger charge is -2.22. The Hall–Kier alpha value is -0.830. The molecule has 0 aromatic heterocycles. The first-order valence-corrected chi connectivity index (χ1v) is 6.67. The van der Waals surface area contributed by atoms with Gasteiger partial charge in [0.05, 0.1) is 5.92 Å². The van der Waals surface area contributed by atoms with Gasteiger partial charge >= 0.3 is 5.97 Å². The number of fused-ring (bicyclic) bond motifs is 1. The van der Waals surface area contributed by atoms with Crippen molar-refractivity contribution in [2.45, 2.75) is 45.1 Å². The lowest BCUT2D eigenvalue weighted by atomic mass is 10.0. The number of halogens is 1. The Balaban J connectivity index is 2.22. The molecule has 0 N–H and O–H groups in total. The fourth-order valence-electron chi connectivity index (χ4n) is 2.19. The topological polar surface area (TPSA) is 26.3 Å². The number of benzene rings is 1. The summed E-state index contributed by atoms with van der Waals surface area (Å²) in [5.74, 6) is -0.198. The first-order chi connectivity index (χ1) is 7.87. The minimum absolute atomic E-state index is 0.0956. The maximum atomic E-state index is 12.1. The summed E-state index contributed by atoms with van der Waals surface area (Å²) in [5, 5.41) is 0. The first kappa shape index (κ1) is 12.6. The molecule has 0 unspecified atom stereocenters. The molecule has 92 valence electrons. The highest BCUT2D eigenvalue weighted by atomic mass is 79.9. The zero-order valence-electron chi connectivity index (χ0n) is 10.4. The third kappa shape index (κ3) is 2.89. The van der Waals surface area contributed by atoms with Crippen molar-refractivity contribution < 1.29 is 9.53 Å². The number of carbonyl (C=O) groups is 1. The van der Waals surface area contributed by atoms with Crippen LogP contribution in [0.3, 0.4) is 0 Å². The van der Waals surface area contributed by atoms with E-state index in [2.05, 4.69) is 22.0 Å². The predicted molar refractivity (Wildman–Crippen MR) is 71.0 cm³/mol. The summed E-state index contributed by atoms with van der Waals surface area (Å²) >= 11 is 3.45. The second-order valence-electron chi connectivity index (χ2n) is 5.47. The summed E-state index contributed by atoms with van der Waals surface area (Å²) in [6, 6.07) is 6.15. The number of hydrogen-bond donors (Lipinski definition) is 0. The summed E-state index contributed by atoms with van der Waals surface area (Å²) < 4.78 is 6.48. The third-order valence-corrected chi connectivity index (χ3v) is 3.37. The van der Waals surface area contributed by atoms with E-state index in [9.17, 15) is 4.79 Å². The number of esters is 1. The summed E-state index contributed by atoms with van der Waals surface area (Å²) in [5.41, 5.74) is 1.98. The van der Waals surface area contributed by atoms with Gasteiger partial charge in [-0.2, -0.15) is 0 Å². The van der Waals surface area contributed by atoms with Gasteiger partial charge in [0.2, 0.25) is 0 Å². The quantitative estimate of drug-likeness (QED) is 0.737. The largest absolute Gasteiger partial charge is 0.459 e. The highest BCUT2D eigenvalue weighted by molar-refractivity contribution is 9.10. The average Bonchev–Trinajstić information content (AvgIpc) is 2.57. The fraction of sp³-hybridized carbons (Fsp3) is 0.500. The van der Waals surface area contributed by atoms with Gasteiger partial charge in [-0.15, -0.1) is 0 Å². The standard InChI is InChI=1S/C14H17BrO2/c1-14(2,3)17-13(16)11-7-5-9-4-6-10(15)8-12(9)11/h4,6,8,11H,5,7H2,1-3H3/t11-/m0/s1. The van der Waals surface area contributed by atoms with Gasteiger partial charge in [-0.3, -0.25) is 4.79 Å². The van der Waals surface area contributed by atoms with Crippen LogP contribution in [0.15, 0.2) is 22.7 Å². The van der Waals surface area contributed by atoms with Gasteiger partial charge in [0, 0.05) is 4.47 Å². The van der Waals surface area contributed by atoms with Crippen LogP contribution in [-0.4, -0.2) is 11.6 Å². The SMILES string of the molecule is CC(C)(C)OC(=O)[C@H]1CCc2ccc(Br)cc21. The van der Waals surface area contributed by atoms with Crippen LogP contribution in [-0.2, 0) is 16.0 Å². The van der Waals surface area contributed by atoms with Gasteiger partial charge < -0.3 is 4.74 Å². The molecule has 1 aromatic rings. The van der Waals surface area contributed by atoms with Crippen LogP contribution >= 0.6 is 15.9 Å². The molecule has 1 aliphatic carbocycles. The summed E-state index contributed by atoms with van der Waals surface area (Å²) in [6.07, 6.45) is 1.83. The minimum Gasteiger partial charge on any atom is -0.459 e. The molecule has 2 rings (SSSR count). The summed E-state index contributed by atoms with van der Waals surface area (Å²) in [6.45, 7) is 5.71. The van der Waals surface area contributed by atoms with E-state index < -0.39 is 5.60 Å². The van der Waals surface area contributed by atoms with Crippen molar-refractivity contribution in [3.63, 3.8) is 0 Å². The van der Waals surface area contributed by atoms with Gasteiger partial charge in [-0.1, -0.05) is 22.0 Å². The van der Waals surface area contributed by atoms with Gasteiger partial charge in [0.15, 0.2) is 0 Å². The van der Waals surface area contributed by atoms with Crippen molar-refractivity contribution in [1.29, 1.82) is 0 Å². The van der Waals surface area contributed by atoms with Gasteiger partial charge in [-0.05, 0) is 56.9 Å². The summed E-state index contributed by atoms with van der Waals surface area (Å²) in [4.78, 5) is 12.1. The first-order valence-electron chi connectivity index (χ1n) is 5.88.